The molecule has 0 bridgehead atoms. The van der Waals surface area contributed by atoms with Gasteiger partial charge < -0.3 is 4.74 Å². The average molecular weight is 397 g/mol. The summed E-state index contributed by atoms with van der Waals surface area (Å²) in [5.41, 5.74) is 4.87. The van der Waals surface area contributed by atoms with E-state index in [-0.39, 0.29) is 17.2 Å². The molecule has 0 aromatic heterocycles. The van der Waals surface area contributed by atoms with Crippen LogP contribution in [0.25, 0.3) is 0 Å². The minimum Gasteiger partial charge on any atom is -0.489 e. The van der Waals surface area contributed by atoms with Gasteiger partial charge in [0.05, 0.1) is 6.21 Å². The normalized spacial score (nSPS) is 25.9. The minimum atomic E-state index is 0.0563. The van der Waals surface area contributed by atoms with Gasteiger partial charge in [-0.1, -0.05) is 55.6 Å². The number of hydrogen-bond acceptors (Lipinski definition) is 3. The smallest absolute Gasteiger partial charge is 0.244 e. The summed E-state index contributed by atoms with van der Waals surface area (Å²) < 4.78 is 5.83. The molecule has 28 heavy (non-hydrogen) atoms. The van der Waals surface area contributed by atoms with Crippen molar-refractivity contribution in [3.05, 3.63) is 64.7 Å². The molecule has 2 aliphatic carbocycles. The first kappa shape index (κ1) is 19.0. The molecule has 0 unspecified atom stereocenters. The van der Waals surface area contributed by atoms with E-state index in [9.17, 15) is 4.79 Å². The second-order valence-corrected chi connectivity index (χ2v) is 8.49. The van der Waals surface area contributed by atoms with Crippen LogP contribution in [0.5, 0.6) is 5.75 Å². The molecule has 2 fully saturated rings. The van der Waals surface area contributed by atoms with Gasteiger partial charge in [-0.2, -0.15) is 5.10 Å². The topological polar surface area (TPSA) is 50.7 Å². The van der Waals surface area contributed by atoms with E-state index in [0.717, 1.165) is 23.3 Å². The summed E-state index contributed by atoms with van der Waals surface area (Å²) in [5.74, 6) is 1.48. The van der Waals surface area contributed by atoms with Gasteiger partial charge in [0.25, 0.3) is 0 Å². The van der Waals surface area contributed by atoms with Crippen LogP contribution >= 0.6 is 11.6 Å². The Hall–Kier alpha value is -2.33. The first-order chi connectivity index (χ1) is 13.6. The molecule has 5 heteroatoms. The molecular weight excluding hydrogens is 372 g/mol. The summed E-state index contributed by atoms with van der Waals surface area (Å²) in [6, 6.07) is 15.2. The maximum atomic E-state index is 12.5. The number of fused-ring (bicyclic) bond motifs is 1. The molecular formula is C23H25ClN2O2. The summed E-state index contributed by atoms with van der Waals surface area (Å²) in [5, 5.41) is 4.88. The van der Waals surface area contributed by atoms with Crippen LogP contribution in [0, 0.1) is 17.3 Å². The van der Waals surface area contributed by atoms with E-state index in [4.69, 9.17) is 16.3 Å². The number of amides is 1. The van der Waals surface area contributed by atoms with E-state index < -0.39 is 0 Å². The third kappa shape index (κ3) is 4.07. The number of carbonyl (C=O) groups excluding carboxylic acids is 1. The fraction of sp³-hybridized carbons (Fsp3) is 0.391. The molecule has 1 N–H and O–H groups in total. The largest absolute Gasteiger partial charge is 0.489 e. The zero-order valence-corrected chi connectivity index (χ0v) is 16.8. The van der Waals surface area contributed by atoms with Crippen molar-refractivity contribution in [2.75, 3.05) is 0 Å². The number of ether oxygens (including phenoxy) is 1. The lowest BCUT2D eigenvalue weighted by Gasteiger charge is -2.15. The highest BCUT2D eigenvalue weighted by Gasteiger charge is 2.64. The standard InChI is InChI=1S/C23H25ClN2O2/c1-23-12-3-2-7-20(23)21(23)22(27)26-25-14-17-5-4-6-19(13-17)28-15-16-8-10-18(24)11-9-16/h4-6,8-11,13-14,20-21H,2-3,7,12,15H2,1H3,(H,26,27)/b25-14-/t20-,21+,23-/m0/s1. The molecule has 0 saturated heterocycles. The fourth-order valence-corrected chi connectivity index (χ4v) is 4.65. The number of nitrogens with one attached hydrogen (secondary N) is 1. The first-order valence-electron chi connectivity index (χ1n) is 9.86. The van der Waals surface area contributed by atoms with Crippen molar-refractivity contribution in [1.82, 2.24) is 5.43 Å². The zero-order valence-electron chi connectivity index (χ0n) is 16.0. The lowest BCUT2D eigenvalue weighted by Crippen LogP contribution is -2.22. The molecule has 2 aromatic rings. The monoisotopic (exact) mass is 396 g/mol. The maximum absolute atomic E-state index is 12.5. The second kappa shape index (κ2) is 7.96. The summed E-state index contributed by atoms with van der Waals surface area (Å²) >= 11 is 5.90. The van der Waals surface area contributed by atoms with E-state index in [1.54, 1.807) is 6.21 Å². The van der Waals surface area contributed by atoms with Crippen LogP contribution in [-0.2, 0) is 11.4 Å². The Labute approximate surface area is 170 Å². The molecule has 146 valence electrons. The quantitative estimate of drug-likeness (QED) is 0.539. The number of hydrazone groups is 1. The Morgan fingerprint density at radius 2 is 2.11 bits per heavy atom. The summed E-state index contributed by atoms with van der Waals surface area (Å²) in [6.45, 7) is 2.71. The van der Waals surface area contributed by atoms with Gasteiger partial charge in [0, 0.05) is 10.9 Å². The van der Waals surface area contributed by atoms with Crippen LogP contribution in [0.1, 0.15) is 43.7 Å². The van der Waals surface area contributed by atoms with Crippen LogP contribution in [0.3, 0.4) is 0 Å². The molecule has 3 atom stereocenters. The van der Waals surface area contributed by atoms with Gasteiger partial charge in [0.1, 0.15) is 12.4 Å². The fourth-order valence-electron chi connectivity index (χ4n) is 4.52. The zero-order chi connectivity index (χ0) is 19.6. The van der Waals surface area contributed by atoms with Crippen molar-refractivity contribution in [2.24, 2.45) is 22.4 Å². The van der Waals surface area contributed by atoms with Crippen molar-refractivity contribution in [2.45, 2.75) is 39.2 Å². The molecule has 2 saturated carbocycles. The van der Waals surface area contributed by atoms with Crippen LogP contribution in [0.15, 0.2) is 53.6 Å². The highest BCUT2D eigenvalue weighted by Crippen LogP contribution is 2.66. The van der Waals surface area contributed by atoms with Crippen molar-refractivity contribution < 1.29 is 9.53 Å². The van der Waals surface area contributed by atoms with Gasteiger partial charge in [-0.15, -0.1) is 0 Å². The third-order valence-corrected chi connectivity index (χ3v) is 6.43. The van der Waals surface area contributed by atoms with Gasteiger partial charge in [-0.25, -0.2) is 5.43 Å². The van der Waals surface area contributed by atoms with E-state index in [2.05, 4.69) is 17.5 Å². The number of rotatable bonds is 6. The summed E-state index contributed by atoms with van der Waals surface area (Å²) in [4.78, 5) is 12.5. The van der Waals surface area contributed by atoms with E-state index >= 15 is 0 Å². The van der Waals surface area contributed by atoms with Crippen LogP contribution in [0.4, 0.5) is 0 Å². The Morgan fingerprint density at radius 1 is 1.29 bits per heavy atom. The molecule has 0 spiro atoms. The average Bonchev–Trinajstić information content (AvgIpc) is 3.33. The van der Waals surface area contributed by atoms with E-state index in [0.29, 0.717) is 17.5 Å². The van der Waals surface area contributed by atoms with Gasteiger partial charge in [-0.05, 0) is 59.6 Å². The Kier molecular flexibility index (Phi) is 5.40. The summed E-state index contributed by atoms with van der Waals surface area (Å²) in [6.07, 6.45) is 6.48. The van der Waals surface area contributed by atoms with Crippen LogP contribution in [0.2, 0.25) is 5.02 Å². The Balaban J connectivity index is 1.30. The molecule has 4 nitrogen and oxygen atoms in total. The molecule has 2 aliphatic rings. The number of carbonyl (C=O) groups is 1. The summed E-state index contributed by atoms with van der Waals surface area (Å²) in [7, 11) is 0. The SMILES string of the molecule is C[C@]12CCCC[C@H]1[C@@H]2C(=O)N/N=C\c1cccc(OCc2ccc(Cl)cc2)c1. The number of benzene rings is 2. The van der Waals surface area contributed by atoms with E-state index in [1.165, 1.54) is 19.3 Å². The van der Waals surface area contributed by atoms with Crippen molar-refractivity contribution in [1.29, 1.82) is 0 Å². The molecule has 1 amide bonds. The van der Waals surface area contributed by atoms with Crippen molar-refractivity contribution in [3.8, 4) is 5.75 Å². The molecule has 0 aliphatic heterocycles. The number of hydrogen-bond donors (Lipinski definition) is 1. The predicted molar refractivity (Wildman–Crippen MR) is 112 cm³/mol. The third-order valence-electron chi connectivity index (χ3n) is 6.18. The number of nitrogens with zero attached hydrogens (tertiary/aromatic N) is 1. The first-order valence-corrected chi connectivity index (χ1v) is 10.2. The molecule has 0 radical (unpaired) electrons. The van der Waals surface area contributed by atoms with Crippen LogP contribution in [-0.4, -0.2) is 12.1 Å². The van der Waals surface area contributed by atoms with Gasteiger partial charge in [0.2, 0.25) is 5.91 Å². The minimum absolute atomic E-state index is 0.0563. The highest BCUT2D eigenvalue weighted by molar-refractivity contribution is 6.30. The van der Waals surface area contributed by atoms with Crippen LogP contribution < -0.4 is 10.2 Å². The maximum Gasteiger partial charge on any atom is 0.244 e. The lowest BCUT2D eigenvalue weighted by atomic mass is 9.90. The van der Waals surface area contributed by atoms with Gasteiger partial charge in [-0.3, -0.25) is 4.79 Å². The second-order valence-electron chi connectivity index (χ2n) is 8.06. The van der Waals surface area contributed by atoms with E-state index in [1.807, 2.05) is 48.5 Å². The Morgan fingerprint density at radius 3 is 2.86 bits per heavy atom. The highest BCUT2D eigenvalue weighted by atomic mass is 35.5. The molecule has 0 heterocycles. The number of halogens is 1. The molecule has 2 aromatic carbocycles. The molecule has 4 rings (SSSR count). The van der Waals surface area contributed by atoms with Crippen molar-refractivity contribution in [3.63, 3.8) is 0 Å². The lowest BCUT2D eigenvalue weighted by molar-refractivity contribution is -0.123. The Bertz CT molecular complexity index is 880. The van der Waals surface area contributed by atoms with Crippen molar-refractivity contribution >= 4 is 23.7 Å². The van der Waals surface area contributed by atoms with Gasteiger partial charge in [0.15, 0.2) is 0 Å². The predicted octanol–water partition coefficient (Wildman–Crippen LogP) is 5.20. The van der Waals surface area contributed by atoms with Gasteiger partial charge >= 0.3 is 0 Å².